The molecule has 0 N–H and O–H groups in total. The molecule has 0 aliphatic rings. The second-order valence-electron chi connectivity index (χ2n) is 3.05. The average Bonchev–Trinajstić information content (AvgIpc) is 2.08. The molecule has 1 nitrogen and oxygen atoms in total. The topological polar surface area (TPSA) is 9.23 Å². The van der Waals surface area contributed by atoms with Crippen LogP contribution < -0.4 is 4.74 Å². The van der Waals surface area contributed by atoms with E-state index in [-0.39, 0.29) is 6.10 Å². The molecular weight excluding hydrogens is 160 g/mol. The standard InChI is InChI=1S/C12H14O/c1-4-7-11-8-5-6-9-12(11)13-10(2)3/h5-10H,1H2,2-3H3. The highest BCUT2D eigenvalue weighted by atomic mass is 16.5. The minimum absolute atomic E-state index is 0.194. The minimum atomic E-state index is 0.194. The molecule has 1 aromatic carbocycles. The molecule has 0 saturated heterocycles. The van der Waals surface area contributed by atoms with Gasteiger partial charge in [0.25, 0.3) is 0 Å². The molecule has 0 atom stereocenters. The Morgan fingerprint density at radius 3 is 2.69 bits per heavy atom. The molecule has 1 heteroatoms. The van der Waals surface area contributed by atoms with Gasteiger partial charge < -0.3 is 4.74 Å². The molecule has 0 aromatic heterocycles. The third kappa shape index (κ3) is 2.81. The van der Waals surface area contributed by atoms with Gasteiger partial charge in [0.2, 0.25) is 0 Å². The molecule has 1 aromatic rings. The smallest absolute Gasteiger partial charge is 0.127 e. The fourth-order valence-corrected chi connectivity index (χ4v) is 1.07. The SMILES string of the molecule is C=C=Cc1ccccc1OC(C)C. The minimum Gasteiger partial charge on any atom is -0.490 e. The molecule has 0 heterocycles. The van der Waals surface area contributed by atoms with Gasteiger partial charge in [0.15, 0.2) is 0 Å². The second kappa shape index (κ2) is 4.54. The molecule has 68 valence electrons. The van der Waals surface area contributed by atoms with E-state index >= 15 is 0 Å². The van der Waals surface area contributed by atoms with Crippen LogP contribution in [-0.4, -0.2) is 6.10 Å². The maximum absolute atomic E-state index is 5.60. The molecule has 0 aliphatic carbocycles. The summed E-state index contributed by atoms with van der Waals surface area (Å²) in [6, 6.07) is 7.85. The fraction of sp³-hybridized carbons (Fsp3) is 0.250. The first-order valence-corrected chi connectivity index (χ1v) is 4.35. The molecule has 0 unspecified atom stereocenters. The van der Waals surface area contributed by atoms with Gasteiger partial charge >= 0.3 is 0 Å². The lowest BCUT2D eigenvalue weighted by molar-refractivity contribution is 0.242. The van der Waals surface area contributed by atoms with E-state index < -0.39 is 0 Å². The first kappa shape index (κ1) is 9.63. The van der Waals surface area contributed by atoms with Crippen LogP contribution in [0.4, 0.5) is 0 Å². The fourth-order valence-electron chi connectivity index (χ4n) is 1.07. The van der Waals surface area contributed by atoms with E-state index in [0.717, 1.165) is 11.3 Å². The highest BCUT2D eigenvalue weighted by Crippen LogP contribution is 2.19. The first-order chi connectivity index (χ1) is 6.24. The van der Waals surface area contributed by atoms with Gasteiger partial charge in [-0.15, -0.1) is 5.73 Å². The molecule has 0 aliphatic heterocycles. The summed E-state index contributed by atoms with van der Waals surface area (Å²) < 4.78 is 5.60. The van der Waals surface area contributed by atoms with Crippen LogP contribution in [0.5, 0.6) is 5.75 Å². The number of ether oxygens (including phenoxy) is 1. The number of hydrogen-bond acceptors (Lipinski definition) is 1. The predicted octanol–water partition coefficient (Wildman–Crippen LogP) is 3.27. The summed E-state index contributed by atoms with van der Waals surface area (Å²) in [7, 11) is 0. The largest absolute Gasteiger partial charge is 0.490 e. The van der Waals surface area contributed by atoms with Crippen LogP contribution in [-0.2, 0) is 0 Å². The van der Waals surface area contributed by atoms with E-state index in [4.69, 9.17) is 4.74 Å². The Hall–Kier alpha value is -1.46. The van der Waals surface area contributed by atoms with Crippen molar-refractivity contribution in [2.45, 2.75) is 20.0 Å². The van der Waals surface area contributed by atoms with Gasteiger partial charge in [-0.2, -0.15) is 0 Å². The van der Waals surface area contributed by atoms with Crippen molar-refractivity contribution < 1.29 is 4.74 Å². The Morgan fingerprint density at radius 2 is 2.08 bits per heavy atom. The highest BCUT2D eigenvalue weighted by molar-refractivity contribution is 5.56. The summed E-state index contributed by atoms with van der Waals surface area (Å²) in [5.74, 6) is 0.883. The van der Waals surface area contributed by atoms with Crippen LogP contribution in [0, 0.1) is 0 Å². The van der Waals surface area contributed by atoms with Crippen molar-refractivity contribution >= 4 is 6.08 Å². The lowest BCUT2D eigenvalue weighted by Crippen LogP contribution is -2.06. The molecule has 0 radical (unpaired) electrons. The van der Waals surface area contributed by atoms with Gasteiger partial charge in [-0.05, 0) is 26.0 Å². The Balaban J connectivity index is 2.97. The van der Waals surface area contributed by atoms with Crippen molar-refractivity contribution in [1.29, 1.82) is 0 Å². The van der Waals surface area contributed by atoms with Crippen molar-refractivity contribution in [2.75, 3.05) is 0 Å². The molecule has 1 rings (SSSR count). The average molecular weight is 174 g/mol. The van der Waals surface area contributed by atoms with Crippen molar-refractivity contribution in [1.82, 2.24) is 0 Å². The van der Waals surface area contributed by atoms with Crippen LogP contribution in [0.2, 0.25) is 0 Å². The van der Waals surface area contributed by atoms with Crippen LogP contribution in [0.1, 0.15) is 19.4 Å². The van der Waals surface area contributed by atoms with Gasteiger partial charge in [0.1, 0.15) is 5.75 Å². The third-order valence-corrected chi connectivity index (χ3v) is 1.54. The number of para-hydroxylation sites is 1. The zero-order chi connectivity index (χ0) is 9.68. The molecule has 0 saturated carbocycles. The number of hydrogen-bond donors (Lipinski definition) is 0. The maximum atomic E-state index is 5.60. The zero-order valence-corrected chi connectivity index (χ0v) is 8.08. The molecule has 0 spiro atoms. The highest BCUT2D eigenvalue weighted by Gasteiger charge is 2.00. The van der Waals surface area contributed by atoms with Crippen molar-refractivity contribution in [3.8, 4) is 5.75 Å². The summed E-state index contributed by atoms with van der Waals surface area (Å²) in [6.45, 7) is 7.56. The number of benzene rings is 1. The zero-order valence-electron chi connectivity index (χ0n) is 8.08. The molecular formula is C12H14O. The maximum Gasteiger partial charge on any atom is 0.127 e. The second-order valence-corrected chi connectivity index (χ2v) is 3.05. The number of rotatable bonds is 3. The molecule has 0 amide bonds. The first-order valence-electron chi connectivity index (χ1n) is 4.35. The Kier molecular flexibility index (Phi) is 3.36. The van der Waals surface area contributed by atoms with E-state index in [1.54, 1.807) is 0 Å². The molecule has 0 bridgehead atoms. The third-order valence-electron chi connectivity index (χ3n) is 1.54. The Morgan fingerprint density at radius 1 is 1.38 bits per heavy atom. The molecule has 13 heavy (non-hydrogen) atoms. The van der Waals surface area contributed by atoms with E-state index in [9.17, 15) is 0 Å². The van der Waals surface area contributed by atoms with Gasteiger partial charge in [0.05, 0.1) is 6.10 Å². The van der Waals surface area contributed by atoms with E-state index in [2.05, 4.69) is 12.3 Å². The summed E-state index contributed by atoms with van der Waals surface area (Å²) in [5.41, 5.74) is 3.76. The summed E-state index contributed by atoms with van der Waals surface area (Å²) in [5, 5.41) is 0. The molecule has 0 fully saturated rings. The van der Waals surface area contributed by atoms with Gasteiger partial charge in [-0.3, -0.25) is 0 Å². The van der Waals surface area contributed by atoms with Crippen LogP contribution >= 0.6 is 0 Å². The predicted molar refractivity (Wildman–Crippen MR) is 55.8 cm³/mol. The lowest BCUT2D eigenvalue weighted by Gasteiger charge is -2.11. The lowest BCUT2D eigenvalue weighted by atomic mass is 10.2. The quantitative estimate of drug-likeness (QED) is 0.639. The van der Waals surface area contributed by atoms with Crippen LogP contribution in [0.3, 0.4) is 0 Å². The van der Waals surface area contributed by atoms with Crippen molar-refractivity contribution in [3.63, 3.8) is 0 Å². The summed E-state index contributed by atoms with van der Waals surface area (Å²) in [6.07, 6.45) is 2.01. The summed E-state index contributed by atoms with van der Waals surface area (Å²) >= 11 is 0. The van der Waals surface area contributed by atoms with Gasteiger partial charge in [-0.1, -0.05) is 24.8 Å². The van der Waals surface area contributed by atoms with E-state index in [0.29, 0.717) is 0 Å². The Bertz CT molecular complexity index is 320. The van der Waals surface area contributed by atoms with Crippen molar-refractivity contribution in [2.24, 2.45) is 0 Å². The monoisotopic (exact) mass is 174 g/mol. The normalized spacial score (nSPS) is 9.46. The Labute approximate surface area is 79.4 Å². The van der Waals surface area contributed by atoms with Gasteiger partial charge in [-0.25, -0.2) is 0 Å². The van der Waals surface area contributed by atoms with Crippen LogP contribution in [0.15, 0.2) is 36.6 Å². The summed E-state index contributed by atoms with van der Waals surface area (Å²) in [4.78, 5) is 0. The van der Waals surface area contributed by atoms with E-state index in [1.165, 1.54) is 0 Å². The van der Waals surface area contributed by atoms with E-state index in [1.807, 2.05) is 44.2 Å². The van der Waals surface area contributed by atoms with Crippen LogP contribution in [0.25, 0.3) is 6.08 Å². The van der Waals surface area contributed by atoms with Gasteiger partial charge in [0, 0.05) is 5.56 Å². The van der Waals surface area contributed by atoms with Crippen molar-refractivity contribution in [3.05, 3.63) is 42.1 Å².